The number of aliphatic imine (C=N–C) groups is 1. The van der Waals surface area contributed by atoms with Crippen molar-refractivity contribution in [1.29, 1.82) is 5.26 Å². The average molecular weight is 456 g/mol. The third-order valence-electron chi connectivity index (χ3n) is 4.96. The van der Waals surface area contributed by atoms with Crippen molar-refractivity contribution in [3.8, 4) is 6.07 Å². The van der Waals surface area contributed by atoms with Crippen LogP contribution in [0, 0.1) is 34.6 Å². The van der Waals surface area contributed by atoms with Crippen molar-refractivity contribution < 1.29 is 17.6 Å². The van der Waals surface area contributed by atoms with E-state index in [1.165, 1.54) is 11.0 Å². The van der Waals surface area contributed by atoms with E-state index >= 15 is 0 Å². The van der Waals surface area contributed by atoms with Crippen molar-refractivity contribution in [2.24, 2.45) is 4.99 Å². The van der Waals surface area contributed by atoms with Crippen LogP contribution >= 0.6 is 0 Å². The number of hydrogen-bond acceptors (Lipinski definition) is 8. The van der Waals surface area contributed by atoms with E-state index < -0.39 is 29.3 Å². The molecule has 2 aromatic carbocycles. The van der Waals surface area contributed by atoms with Crippen molar-refractivity contribution in [2.75, 3.05) is 21.7 Å². The Morgan fingerprint density at radius 2 is 1.79 bits per heavy atom. The summed E-state index contributed by atoms with van der Waals surface area (Å²) in [5.41, 5.74) is 11.4. The summed E-state index contributed by atoms with van der Waals surface area (Å²) in [4.78, 5) is 13.4. The summed E-state index contributed by atoms with van der Waals surface area (Å²) in [6.45, 7) is 1.37. The Kier molecular flexibility index (Phi) is 5.47. The number of nitrogen functional groups attached to an aromatic ring is 2. The van der Waals surface area contributed by atoms with Crippen LogP contribution in [0.3, 0.4) is 0 Å². The zero-order chi connectivity index (χ0) is 23.9. The normalized spacial score (nSPS) is 13.7. The molecule has 1 atom stereocenters. The summed E-state index contributed by atoms with van der Waals surface area (Å²) in [6.07, 6.45) is 0. The Labute approximate surface area is 185 Å². The second kappa shape index (κ2) is 8.27. The molecule has 0 saturated heterocycles. The lowest BCUT2D eigenvalue weighted by Crippen LogP contribution is -2.43. The molecule has 5 N–H and O–H groups in total. The second-order valence-electron chi connectivity index (χ2n) is 7.21. The number of nitrogens with two attached hydrogens (primary N) is 2. The number of hydrogen-bond donors (Lipinski definition) is 3. The lowest BCUT2D eigenvalue weighted by atomic mass is 10.1. The highest BCUT2D eigenvalue weighted by Crippen LogP contribution is 2.34. The van der Waals surface area contributed by atoms with Crippen molar-refractivity contribution in [3.63, 3.8) is 0 Å². The largest absolute Gasteiger partial charge is 0.382 e. The van der Waals surface area contributed by atoms with E-state index in [2.05, 4.69) is 20.3 Å². The van der Waals surface area contributed by atoms with E-state index in [0.29, 0.717) is 6.07 Å². The molecule has 1 aromatic heterocycles. The zero-order valence-corrected chi connectivity index (χ0v) is 17.1. The Morgan fingerprint density at radius 3 is 2.45 bits per heavy atom. The maximum absolute atomic E-state index is 14.5. The molecule has 33 heavy (non-hydrogen) atoms. The second-order valence-corrected chi connectivity index (χ2v) is 7.21. The van der Waals surface area contributed by atoms with Gasteiger partial charge in [0.05, 0.1) is 18.3 Å². The van der Waals surface area contributed by atoms with Gasteiger partial charge in [-0.1, -0.05) is 0 Å². The van der Waals surface area contributed by atoms with Crippen LogP contribution in [0.1, 0.15) is 18.1 Å². The topological polar surface area (TPSA) is 129 Å². The van der Waals surface area contributed by atoms with Crippen LogP contribution < -0.4 is 21.7 Å². The molecule has 168 valence electrons. The quantitative estimate of drug-likeness (QED) is 0.512. The molecule has 1 unspecified atom stereocenters. The minimum atomic E-state index is -1.11. The Bertz CT molecular complexity index is 1310. The standard InChI is InChI=1S/C21H16F4N8/c1-9(29-19-13(7-26)18(27)31-21(28)32-19)20-30-16-3-2-15(24)17(25)14(16)8-33(20)12-5-10(22)4-11(23)6-12/h2-6,9H,8H2,1H3,(H5,27,28,29,31,32). The van der Waals surface area contributed by atoms with Crippen molar-refractivity contribution in [2.45, 2.75) is 19.5 Å². The summed E-state index contributed by atoms with van der Waals surface area (Å²) in [6, 6.07) is 6.11. The number of aromatic nitrogens is 2. The van der Waals surface area contributed by atoms with Crippen LogP contribution in [-0.4, -0.2) is 21.8 Å². The van der Waals surface area contributed by atoms with Crippen LogP contribution in [0.15, 0.2) is 35.3 Å². The van der Waals surface area contributed by atoms with Crippen molar-refractivity contribution >= 4 is 34.8 Å². The van der Waals surface area contributed by atoms with Gasteiger partial charge in [0.2, 0.25) is 5.95 Å². The predicted octanol–water partition coefficient (Wildman–Crippen LogP) is 3.62. The smallest absolute Gasteiger partial charge is 0.224 e. The molecule has 0 radical (unpaired) electrons. The highest BCUT2D eigenvalue weighted by molar-refractivity contribution is 6.05. The Balaban J connectivity index is 1.82. The molecule has 1 aliphatic rings. The first-order chi connectivity index (χ1) is 15.7. The molecule has 8 nitrogen and oxygen atoms in total. The highest BCUT2D eigenvalue weighted by atomic mass is 19.2. The Hall–Kier alpha value is -4.40. The van der Waals surface area contributed by atoms with Gasteiger partial charge < -0.3 is 21.7 Å². The van der Waals surface area contributed by atoms with Crippen molar-refractivity contribution in [1.82, 2.24) is 9.97 Å². The Morgan fingerprint density at radius 1 is 1.09 bits per heavy atom. The molecular weight excluding hydrogens is 440 g/mol. The van der Waals surface area contributed by atoms with Crippen LogP contribution in [0.5, 0.6) is 0 Å². The van der Waals surface area contributed by atoms with Crippen LogP contribution in [0.4, 0.5) is 46.5 Å². The van der Waals surface area contributed by atoms with Gasteiger partial charge in [-0.15, -0.1) is 0 Å². The monoisotopic (exact) mass is 456 g/mol. The van der Waals surface area contributed by atoms with Gasteiger partial charge in [-0.3, -0.25) is 0 Å². The number of benzene rings is 2. The van der Waals surface area contributed by atoms with Crippen LogP contribution in [0.25, 0.3) is 0 Å². The van der Waals surface area contributed by atoms with E-state index in [0.717, 1.165) is 18.2 Å². The molecule has 1 aliphatic heterocycles. The number of halogens is 4. The third kappa shape index (κ3) is 4.08. The summed E-state index contributed by atoms with van der Waals surface area (Å²) in [5.74, 6) is -4.03. The molecule has 0 saturated carbocycles. The third-order valence-corrected chi connectivity index (χ3v) is 4.96. The minimum Gasteiger partial charge on any atom is -0.382 e. The molecular formula is C21H16F4N8. The molecule has 0 amide bonds. The summed E-state index contributed by atoms with van der Waals surface area (Å²) >= 11 is 0. The van der Waals surface area contributed by atoms with E-state index in [1.807, 2.05) is 6.07 Å². The lowest BCUT2D eigenvalue weighted by molar-refractivity contribution is 0.498. The van der Waals surface area contributed by atoms with Crippen molar-refractivity contribution in [3.05, 3.63) is 64.7 Å². The summed E-state index contributed by atoms with van der Waals surface area (Å²) in [5, 5.41) is 12.3. The molecule has 0 aliphatic carbocycles. The number of nitrogens with one attached hydrogen (secondary N) is 1. The highest BCUT2D eigenvalue weighted by Gasteiger charge is 2.30. The summed E-state index contributed by atoms with van der Waals surface area (Å²) < 4.78 is 56.2. The van der Waals surface area contributed by atoms with E-state index in [4.69, 9.17) is 11.5 Å². The molecule has 4 rings (SSSR count). The lowest BCUT2D eigenvalue weighted by Gasteiger charge is -2.34. The van der Waals surface area contributed by atoms with Gasteiger partial charge in [0.1, 0.15) is 34.9 Å². The number of fused-ring (bicyclic) bond motifs is 1. The first kappa shape index (κ1) is 21.8. The van der Waals surface area contributed by atoms with Gasteiger partial charge in [-0.25, -0.2) is 22.6 Å². The predicted molar refractivity (Wildman–Crippen MR) is 115 cm³/mol. The fourth-order valence-electron chi connectivity index (χ4n) is 3.49. The average Bonchev–Trinajstić information content (AvgIpc) is 2.74. The number of nitriles is 1. The SMILES string of the molecule is CC(Nc1nc(N)nc(N)c1C#N)C1=Nc2ccc(F)c(F)c2CN1c1cc(F)cc(F)c1. The molecule has 3 aromatic rings. The van der Waals surface area contributed by atoms with Crippen LogP contribution in [0.2, 0.25) is 0 Å². The number of rotatable bonds is 4. The van der Waals surface area contributed by atoms with Gasteiger partial charge >= 0.3 is 0 Å². The number of anilines is 4. The zero-order valence-electron chi connectivity index (χ0n) is 17.1. The van der Waals surface area contributed by atoms with E-state index in [9.17, 15) is 22.8 Å². The summed E-state index contributed by atoms with van der Waals surface area (Å²) in [7, 11) is 0. The fourth-order valence-corrected chi connectivity index (χ4v) is 3.49. The van der Waals surface area contributed by atoms with Crippen LogP contribution in [-0.2, 0) is 6.54 Å². The van der Waals surface area contributed by atoms with Gasteiger partial charge in [0.15, 0.2) is 17.5 Å². The maximum atomic E-state index is 14.5. The molecule has 12 heteroatoms. The maximum Gasteiger partial charge on any atom is 0.224 e. The van der Waals surface area contributed by atoms with E-state index in [-0.39, 0.29) is 52.5 Å². The molecule has 2 heterocycles. The number of nitrogens with zero attached hydrogens (tertiary/aromatic N) is 5. The first-order valence-electron chi connectivity index (χ1n) is 9.56. The van der Waals surface area contributed by atoms with Gasteiger partial charge in [0, 0.05) is 17.3 Å². The first-order valence-corrected chi connectivity index (χ1v) is 9.56. The van der Waals surface area contributed by atoms with Gasteiger partial charge in [0.25, 0.3) is 0 Å². The van der Waals surface area contributed by atoms with Gasteiger partial charge in [-0.05, 0) is 31.2 Å². The molecule has 0 bridgehead atoms. The number of amidine groups is 1. The molecule has 0 fully saturated rings. The minimum absolute atomic E-state index is 0.0131. The fraction of sp³-hybridized carbons (Fsp3) is 0.143. The van der Waals surface area contributed by atoms with Gasteiger partial charge in [-0.2, -0.15) is 15.2 Å². The van der Waals surface area contributed by atoms with E-state index in [1.54, 1.807) is 6.92 Å². The molecule has 0 spiro atoms.